The van der Waals surface area contributed by atoms with Crippen molar-refractivity contribution in [1.29, 1.82) is 0 Å². The van der Waals surface area contributed by atoms with Gasteiger partial charge in [0.15, 0.2) is 0 Å². The molecule has 1 aromatic heterocycles. The Morgan fingerprint density at radius 3 is 2.74 bits per heavy atom. The second-order valence-electron chi connectivity index (χ2n) is 5.92. The number of amides is 1. The van der Waals surface area contributed by atoms with Crippen LogP contribution in [-0.4, -0.2) is 28.9 Å². The second kappa shape index (κ2) is 7.01. The van der Waals surface area contributed by atoms with Crippen molar-refractivity contribution in [2.45, 2.75) is 25.2 Å². The number of carbonyl (C=O) groups excluding carboxylic acids is 1. The lowest BCUT2D eigenvalue weighted by molar-refractivity contribution is 0.0754. The predicted octanol–water partition coefficient (Wildman–Crippen LogP) is 3.44. The Hall–Kier alpha value is -2.07. The molecule has 4 nitrogen and oxygen atoms in total. The van der Waals surface area contributed by atoms with Crippen LogP contribution < -0.4 is 5.56 Å². The van der Waals surface area contributed by atoms with E-state index >= 15 is 0 Å². The van der Waals surface area contributed by atoms with Gasteiger partial charge in [-0.25, -0.2) is 0 Å². The van der Waals surface area contributed by atoms with Gasteiger partial charge < -0.3 is 9.88 Å². The van der Waals surface area contributed by atoms with Crippen molar-refractivity contribution in [3.63, 3.8) is 0 Å². The zero-order chi connectivity index (χ0) is 16.2. The van der Waals surface area contributed by atoms with E-state index in [1.807, 2.05) is 23.1 Å². The number of pyridine rings is 1. The molecule has 0 spiro atoms. The van der Waals surface area contributed by atoms with E-state index in [4.69, 9.17) is 11.6 Å². The van der Waals surface area contributed by atoms with E-state index in [9.17, 15) is 9.59 Å². The van der Waals surface area contributed by atoms with Gasteiger partial charge in [0, 0.05) is 25.2 Å². The fourth-order valence-corrected chi connectivity index (χ4v) is 3.26. The molecule has 0 unspecified atom stereocenters. The van der Waals surface area contributed by atoms with Crippen LogP contribution in [0, 0.1) is 0 Å². The van der Waals surface area contributed by atoms with E-state index in [-0.39, 0.29) is 16.5 Å². The average Bonchev–Trinajstić information content (AvgIpc) is 2.84. The number of rotatable bonds is 2. The van der Waals surface area contributed by atoms with E-state index in [0.717, 1.165) is 25.8 Å². The zero-order valence-electron chi connectivity index (χ0n) is 12.8. The van der Waals surface area contributed by atoms with Crippen molar-refractivity contribution in [3.8, 4) is 0 Å². The minimum atomic E-state index is -0.374. The molecule has 1 amide bonds. The van der Waals surface area contributed by atoms with E-state index in [1.165, 1.54) is 17.8 Å². The van der Waals surface area contributed by atoms with E-state index in [2.05, 4.69) is 17.1 Å². The number of H-pyrrole nitrogens is 1. The van der Waals surface area contributed by atoms with Crippen LogP contribution in [-0.2, 0) is 0 Å². The Bertz CT molecular complexity index is 742. The third-order valence-corrected chi connectivity index (χ3v) is 4.62. The summed E-state index contributed by atoms with van der Waals surface area (Å²) < 4.78 is 0. The summed E-state index contributed by atoms with van der Waals surface area (Å²) in [6.07, 6.45) is 4.63. The number of carbonyl (C=O) groups is 1. The van der Waals surface area contributed by atoms with Gasteiger partial charge in [0.1, 0.15) is 5.02 Å². The number of likely N-dealkylation sites (tertiary alicyclic amines) is 1. The van der Waals surface area contributed by atoms with Gasteiger partial charge >= 0.3 is 0 Å². The van der Waals surface area contributed by atoms with Crippen LogP contribution in [0.2, 0.25) is 5.02 Å². The fraction of sp³-hybridized carbons (Fsp3) is 0.333. The summed E-state index contributed by atoms with van der Waals surface area (Å²) in [5, 5.41) is 0.0466. The molecular weight excluding hydrogens is 312 g/mol. The van der Waals surface area contributed by atoms with Crippen LogP contribution in [0.1, 0.15) is 41.1 Å². The summed E-state index contributed by atoms with van der Waals surface area (Å²) in [5.74, 6) is 0.270. The molecule has 0 saturated carbocycles. The second-order valence-corrected chi connectivity index (χ2v) is 6.33. The summed E-state index contributed by atoms with van der Waals surface area (Å²) >= 11 is 5.84. The number of halogens is 1. The molecule has 0 aliphatic carbocycles. The maximum absolute atomic E-state index is 12.7. The number of aromatic amines is 1. The standard InChI is InChI=1S/C18H19ClN2O2/c19-16-10-15(11-20-17(16)22)18(23)21-9-5-4-8-14(12-21)13-6-2-1-3-7-13/h1-3,6-7,10-11,14H,4-5,8-9,12H2,(H,20,22)/t14-/m1/s1. The molecule has 120 valence electrons. The van der Waals surface area contributed by atoms with Gasteiger partial charge in [0.05, 0.1) is 5.56 Å². The van der Waals surface area contributed by atoms with E-state index in [1.54, 1.807) is 0 Å². The molecule has 2 heterocycles. The Labute approximate surface area is 140 Å². The topological polar surface area (TPSA) is 53.2 Å². The SMILES string of the molecule is O=C(c1c[nH]c(=O)c(Cl)c1)N1CCCC[C@@H](c2ccccc2)C1. The van der Waals surface area contributed by atoms with E-state index in [0.29, 0.717) is 18.0 Å². The highest BCUT2D eigenvalue weighted by molar-refractivity contribution is 6.30. The predicted molar refractivity (Wildman–Crippen MR) is 91.0 cm³/mol. The summed E-state index contributed by atoms with van der Waals surface area (Å²) in [5.41, 5.74) is 1.33. The summed E-state index contributed by atoms with van der Waals surface area (Å²) in [7, 11) is 0. The first-order valence-electron chi connectivity index (χ1n) is 7.87. The van der Waals surface area contributed by atoms with Crippen LogP contribution in [0.4, 0.5) is 0 Å². The molecule has 1 N–H and O–H groups in total. The Morgan fingerprint density at radius 2 is 2.00 bits per heavy atom. The fourth-order valence-electron chi connectivity index (χ4n) is 3.09. The molecule has 1 aromatic carbocycles. The van der Waals surface area contributed by atoms with Crippen LogP contribution in [0.15, 0.2) is 47.4 Å². The highest BCUT2D eigenvalue weighted by Crippen LogP contribution is 2.27. The van der Waals surface area contributed by atoms with Gasteiger partial charge in [-0.05, 0) is 24.5 Å². The molecule has 5 heteroatoms. The minimum Gasteiger partial charge on any atom is -0.338 e. The number of aromatic nitrogens is 1. The summed E-state index contributed by atoms with van der Waals surface area (Å²) in [6, 6.07) is 11.8. The number of benzene rings is 1. The van der Waals surface area contributed by atoms with Crippen molar-refractivity contribution >= 4 is 17.5 Å². The number of hydrogen-bond acceptors (Lipinski definition) is 2. The van der Waals surface area contributed by atoms with E-state index < -0.39 is 0 Å². The van der Waals surface area contributed by atoms with Gasteiger partial charge in [-0.3, -0.25) is 9.59 Å². The van der Waals surface area contributed by atoms with Crippen molar-refractivity contribution in [2.75, 3.05) is 13.1 Å². The van der Waals surface area contributed by atoms with Crippen LogP contribution >= 0.6 is 11.6 Å². The van der Waals surface area contributed by atoms with Gasteiger partial charge in [-0.1, -0.05) is 48.4 Å². The smallest absolute Gasteiger partial charge is 0.266 e. The number of nitrogens with one attached hydrogen (secondary N) is 1. The largest absolute Gasteiger partial charge is 0.338 e. The average molecular weight is 331 g/mol. The third-order valence-electron chi connectivity index (χ3n) is 4.33. The summed E-state index contributed by atoms with van der Waals surface area (Å²) in [4.78, 5) is 28.5. The first-order chi connectivity index (χ1) is 11.1. The quantitative estimate of drug-likeness (QED) is 0.917. The Balaban J connectivity index is 1.81. The van der Waals surface area contributed by atoms with Crippen LogP contribution in [0.25, 0.3) is 0 Å². The molecule has 1 saturated heterocycles. The molecule has 0 bridgehead atoms. The van der Waals surface area contributed by atoms with Gasteiger partial charge in [-0.2, -0.15) is 0 Å². The zero-order valence-corrected chi connectivity index (χ0v) is 13.6. The monoisotopic (exact) mass is 330 g/mol. The minimum absolute atomic E-state index is 0.0466. The number of nitrogens with zero attached hydrogens (tertiary/aromatic N) is 1. The Kier molecular flexibility index (Phi) is 4.82. The maximum atomic E-state index is 12.7. The first-order valence-corrected chi connectivity index (χ1v) is 8.25. The molecule has 1 aliphatic heterocycles. The van der Waals surface area contributed by atoms with Crippen molar-refractivity contribution in [1.82, 2.24) is 9.88 Å². The lowest BCUT2D eigenvalue weighted by Crippen LogP contribution is -2.34. The molecule has 1 fully saturated rings. The Morgan fingerprint density at radius 1 is 1.22 bits per heavy atom. The van der Waals surface area contributed by atoms with Crippen molar-refractivity contribution in [3.05, 3.63) is 69.1 Å². The van der Waals surface area contributed by atoms with Gasteiger partial charge in [0.2, 0.25) is 0 Å². The molecule has 1 aliphatic rings. The number of hydrogen-bond donors (Lipinski definition) is 1. The van der Waals surface area contributed by atoms with Crippen molar-refractivity contribution in [2.24, 2.45) is 0 Å². The molecule has 23 heavy (non-hydrogen) atoms. The van der Waals surface area contributed by atoms with Gasteiger partial charge in [-0.15, -0.1) is 0 Å². The lowest BCUT2D eigenvalue weighted by atomic mass is 9.94. The maximum Gasteiger partial charge on any atom is 0.266 e. The normalized spacial score (nSPS) is 18.5. The van der Waals surface area contributed by atoms with Gasteiger partial charge in [0.25, 0.3) is 11.5 Å². The van der Waals surface area contributed by atoms with Crippen LogP contribution in [0.3, 0.4) is 0 Å². The molecule has 1 atom stereocenters. The third kappa shape index (κ3) is 3.64. The first kappa shape index (κ1) is 15.8. The van der Waals surface area contributed by atoms with Crippen molar-refractivity contribution < 1.29 is 4.79 Å². The lowest BCUT2D eigenvalue weighted by Gasteiger charge is -2.25. The summed E-state index contributed by atoms with van der Waals surface area (Å²) in [6.45, 7) is 1.43. The molecule has 0 radical (unpaired) electrons. The highest BCUT2D eigenvalue weighted by atomic mass is 35.5. The molecule has 3 rings (SSSR count). The molecule has 2 aromatic rings. The van der Waals surface area contributed by atoms with Crippen LogP contribution in [0.5, 0.6) is 0 Å². The highest BCUT2D eigenvalue weighted by Gasteiger charge is 2.24. The molecular formula is C18H19ClN2O2.